The molecule has 0 radical (unpaired) electrons. The number of rotatable bonds is 7. The van der Waals surface area contributed by atoms with Gasteiger partial charge >= 0.3 is 0 Å². The maximum absolute atomic E-state index is 13.1. The second-order valence-electron chi connectivity index (χ2n) is 8.17. The van der Waals surface area contributed by atoms with Crippen LogP contribution in [0, 0.1) is 0 Å². The van der Waals surface area contributed by atoms with E-state index in [1.807, 2.05) is 67.3 Å². The van der Waals surface area contributed by atoms with Crippen molar-refractivity contribution in [1.29, 1.82) is 0 Å². The van der Waals surface area contributed by atoms with E-state index < -0.39 is 0 Å². The van der Waals surface area contributed by atoms with Crippen LogP contribution in [0.4, 0.5) is 0 Å². The minimum Gasteiger partial charge on any atom is -0.491 e. The predicted octanol–water partition coefficient (Wildman–Crippen LogP) is 4.61. The van der Waals surface area contributed by atoms with Gasteiger partial charge in [-0.2, -0.15) is 0 Å². The molecule has 1 N–H and O–H groups in total. The maximum atomic E-state index is 13.1. The van der Waals surface area contributed by atoms with Crippen molar-refractivity contribution in [1.82, 2.24) is 4.90 Å². The monoisotopic (exact) mass is 415 g/mol. The van der Waals surface area contributed by atoms with Gasteiger partial charge in [0.05, 0.1) is 12.5 Å². The quantitative estimate of drug-likeness (QED) is 0.718. The van der Waals surface area contributed by atoms with E-state index >= 15 is 0 Å². The Morgan fingerprint density at radius 1 is 1.24 bits per heavy atom. The van der Waals surface area contributed by atoms with E-state index in [-0.39, 0.29) is 24.0 Å². The Kier molecular flexibility index (Phi) is 7.20. The summed E-state index contributed by atoms with van der Waals surface area (Å²) in [4.78, 5) is 15.0. The third kappa shape index (κ3) is 5.52. The summed E-state index contributed by atoms with van der Waals surface area (Å²) >= 11 is 6.06. The third-order valence-electron chi connectivity index (χ3n) is 5.60. The van der Waals surface area contributed by atoms with E-state index in [0.29, 0.717) is 24.4 Å². The zero-order chi connectivity index (χ0) is 20.9. The first-order valence-electron chi connectivity index (χ1n) is 10.3. The molecule has 1 amide bonds. The van der Waals surface area contributed by atoms with Crippen molar-refractivity contribution in [2.75, 3.05) is 19.7 Å². The summed E-state index contributed by atoms with van der Waals surface area (Å²) in [5.41, 5.74) is 1.87. The maximum Gasteiger partial charge on any atom is 0.227 e. The summed E-state index contributed by atoms with van der Waals surface area (Å²) in [6.45, 7) is 5.45. The number of aliphatic hydroxyl groups is 1. The predicted molar refractivity (Wildman–Crippen MR) is 117 cm³/mol. The Hall–Kier alpha value is -2.04. The third-order valence-corrected chi connectivity index (χ3v) is 5.85. The van der Waals surface area contributed by atoms with Gasteiger partial charge in [0.1, 0.15) is 5.75 Å². The number of halogens is 1. The molecule has 2 aromatic rings. The average Bonchev–Trinajstić information content (AvgIpc) is 2.68. The fourth-order valence-corrected chi connectivity index (χ4v) is 4.36. The van der Waals surface area contributed by atoms with Crippen LogP contribution in [-0.2, 0) is 16.6 Å². The van der Waals surface area contributed by atoms with Crippen LogP contribution in [0.5, 0.6) is 5.75 Å². The molecule has 0 spiro atoms. The SMILES string of the molecule is CC(C)Oc1cccc(CC(=O)N2CCCC(CCO)(c3ccc(Cl)cc3)C2)c1. The molecule has 5 heteroatoms. The van der Waals surface area contributed by atoms with Crippen molar-refractivity contribution in [2.45, 2.75) is 51.0 Å². The van der Waals surface area contributed by atoms with Crippen molar-refractivity contribution < 1.29 is 14.6 Å². The number of ether oxygens (including phenoxy) is 1. The van der Waals surface area contributed by atoms with Gasteiger partial charge in [0.25, 0.3) is 0 Å². The van der Waals surface area contributed by atoms with Crippen LogP contribution in [0.2, 0.25) is 5.02 Å². The summed E-state index contributed by atoms with van der Waals surface area (Å²) in [5.74, 6) is 0.905. The van der Waals surface area contributed by atoms with Gasteiger partial charge in [-0.05, 0) is 68.5 Å². The lowest BCUT2D eigenvalue weighted by atomic mass is 9.72. The fourth-order valence-electron chi connectivity index (χ4n) is 4.23. The highest BCUT2D eigenvalue weighted by Crippen LogP contribution is 2.38. The number of carbonyl (C=O) groups is 1. The molecule has 1 atom stereocenters. The second-order valence-corrected chi connectivity index (χ2v) is 8.61. The number of nitrogens with zero attached hydrogens (tertiary/aromatic N) is 1. The van der Waals surface area contributed by atoms with Gasteiger partial charge in [-0.1, -0.05) is 35.9 Å². The average molecular weight is 416 g/mol. The molecule has 1 aliphatic rings. The normalized spacial score (nSPS) is 19.4. The molecule has 0 bridgehead atoms. The van der Waals surface area contributed by atoms with Crippen LogP contribution >= 0.6 is 11.6 Å². The lowest BCUT2D eigenvalue weighted by Gasteiger charge is -2.43. The Morgan fingerprint density at radius 2 is 2.00 bits per heavy atom. The van der Waals surface area contributed by atoms with Crippen molar-refractivity contribution >= 4 is 17.5 Å². The number of likely N-dealkylation sites (tertiary alicyclic amines) is 1. The molecule has 1 aliphatic heterocycles. The lowest BCUT2D eigenvalue weighted by Crippen LogP contribution is -2.49. The van der Waals surface area contributed by atoms with Gasteiger partial charge < -0.3 is 14.7 Å². The number of benzene rings is 2. The Morgan fingerprint density at radius 3 is 2.69 bits per heavy atom. The molecular weight excluding hydrogens is 386 g/mol. The zero-order valence-corrected chi connectivity index (χ0v) is 18.0. The summed E-state index contributed by atoms with van der Waals surface area (Å²) in [5, 5.41) is 10.4. The summed E-state index contributed by atoms with van der Waals surface area (Å²) in [6.07, 6.45) is 2.96. The van der Waals surface area contributed by atoms with E-state index in [1.54, 1.807) is 0 Å². The first kappa shape index (κ1) is 21.7. The van der Waals surface area contributed by atoms with E-state index in [4.69, 9.17) is 16.3 Å². The first-order chi connectivity index (χ1) is 13.9. The van der Waals surface area contributed by atoms with Crippen LogP contribution in [0.25, 0.3) is 0 Å². The molecule has 156 valence electrons. The van der Waals surface area contributed by atoms with Crippen LogP contribution in [-0.4, -0.2) is 41.7 Å². The number of carbonyl (C=O) groups excluding carboxylic acids is 1. The minimum absolute atomic E-state index is 0.0965. The van der Waals surface area contributed by atoms with Crippen LogP contribution in [0.3, 0.4) is 0 Å². The summed E-state index contributed by atoms with van der Waals surface area (Å²) in [7, 11) is 0. The molecule has 1 unspecified atom stereocenters. The molecular formula is C24H30ClNO3. The second kappa shape index (κ2) is 9.64. The summed E-state index contributed by atoms with van der Waals surface area (Å²) in [6, 6.07) is 15.6. The van der Waals surface area contributed by atoms with Crippen molar-refractivity contribution in [3.8, 4) is 5.75 Å². The highest BCUT2D eigenvalue weighted by molar-refractivity contribution is 6.30. The van der Waals surface area contributed by atoms with Gasteiger partial charge in [0, 0.05) is 30.1 Å². The van der Waals surface area contributed by atoms with Gasteiger partial charge in [-0.15, -0.1) is 0 Å². The molecule has 1 heterocycles. The van der Waals surface area contributed by atoms with Crippen LogP contribution < -0.4 is 4.74 Å². The standard InChI is InChI=1S/C24H30ClNO3/c1-18(2)29-22-6-3-5-19(15-22)16-23(28)26-13-4-11-24(17-26,12-14-27)20-7-9-21(25)10-8-20/h3,5-10,15,18,27H,4,11-14,16-17H2,1-2H3. The number of hydrogen-bond acceptors (Lipinski definition) is 3. The van der Waals surface area contributed by atoms with Crippen LogP contribution in [0.1, 0.15) is 44.2 Å². The zero-order valence-electron chi connectivity index (χ0n) is 17.2. The summed E-state index contributed by atoms with van der Waals surface area (Å²) < 4.78 is 5.75. The molecule has 0 aliphatic carbocycles. The molecule has 29 heavy (non-hydrogen) atoms. The number of aliphatic hydroxyl groups excluding tert-OH is 1. The lowest BCUT2D eigenvalue weighted by molar-refractivity contribution is -0.133. The molecule has 2 aromatic carbocycles. The van der Waals surface area contributed by atoms with E-state index in [0.717, 1.165) is 36.3 Å². The van der Waals surface area contributed by atoms with E-state index in [1.165, 1.54) is 0 Å². The first-order valence-corrected chi connectivity index (χ1v) is 10.7. The van der Waals surface area contributed by atoms with E-state index in [2.05, 4.69) is 0 Å². The fraction of sp³-hybridized carbons (Fsp3) is 0.458. The van der Waals surface area contributed by atoms with Crippen molar-refractivity contribution in [2.24, 2.45) is 0 Å². The molecule has 1 saturated heterocycles. The smallest absolute Gasteiger partial charge is 0.227 e. The Balaban J connectivity index is 1.75. The van der Waals surface area contributed by atoms with Gasteiger partial charge in [-0.3, -0.25) is 4.79 Å². The molecule has 0 saturated carbocycles. The number of piperidine rings is 1. The Labute approximate surface area is 178 Å². The van der Waals surface area contributed by atoms with Crippen molar-refractivity contribution in [3.63, 3.8) is 0 Å². The van der Waals surface area contributed by atoms with Crippen LogP contribution in [0.15, 0.2) is 48.5 Å². The largest absolute Gasteiger partial charge is 0.491 e. The van der Waals surface area contributed by atoms with Gasteiger partial charge in [-0.25, -0.2) is 0 Å². The molecule has 4 nitrogen and oxygen atoms in total. The highest BCUT2D eigenvalue weighted by atomic mass is 35.5. The highest BCUT2D eigenvalue weighted by Gasteiger charge is 2.38. The van der Waals surface area contributed by atoms with Crippen molar-refractivity contribution in [3.05, 3.63) is 64.7 Å². The van der Waals surface area contributed by atoms with Gasteiger partial charge in [0.15, 0.2) is 0 Å². The Bertz CT molecular complexity index is 817. The topological polar surface area (TPSA) is 49.8 Å². The molecule has 0 aromatic heterocycles. The minimum atomic E-state index is -0.226. The van der Waals surface area contributed by atoms with Gasteiger partial charge in [0.2, 0.25) is 5.91 Å². The number of hydrogen-bond donors (Lipinski definition) is 1. The molecule has 1 fully saturated rings. The van der Waals surface area contributed by atoms with E-state index in [9.17, 15) is 9.90 Å². The molecule has 3 rings (SSSR count). The number of amides is 1.